The van der Waals surface area contributed by atoms with E-state index in [1.165, 1.54) is 0 Å². The second-order valence-electron chi connectivity index (χ2n) is 8.60. The van der Waals surface area contributed by atoms with Crippen molar-refractivity contribution in [1.82, 2.24) is 9.80 Å². The molecule has 2 fully saturated rings. The fourth-order valence-electron chi connectivity index (χ4n) is 4.50. The number of carbonyl (C=O) groups is 2. The quantitative estimate of drug-likeness (QED) is 0.764. The van der Waals surface area contributed by atoms with Crippen LogP contribution in [0.3, 0.4) is 0 Å². The molecule has 0 atom stereocenters. The minimum atomic E-state index is -0.649. The smallest absolute Gasteiger partial charge is 0.410 e. The van der Waals surface area contributed by atoms with Crippen LogP contribution in [0.1, 0.15) is 32.3 Å². The van der Waals surface area contributed by atoms with Crippen molar-refractivity contribution in [2.45, 2.75) is 44.9 Å². The molecule has 2 aromatic carbocycles. The van der Waals surface area contributed by atoms with Gasteiger partial charge in [-0.15, -0.1) is 0 Å². The number of carbonyl (C=O) groups excluding carboxylic acids is 2. The largest absolute Gasteiger partial charge is 0.447 e. The first kappa shape index (κ1) is 21.0. The molecule has 1 spiro atoms. The van der Waals surface area contributed by atoms with Crippen LogP contribution in [0.15, 0.2) is 54.6 Å². The van der Waals surface area contributed by atoms with E-state index in [0.717, 1.165) is 11.3 Å². The van der Waals surface area contributed by atoms with Gasteiger partial charge in [0.05, 0.1) is 12.8 Å². The van der Waals surface area contributed by atoms with Gasteiger partial charge in [-0.05, 0) is 56.5 Å². The van der Waals surface area contributed by atoms with Crippen LogP contribution in [0, 0.1) is 0 Å². The van der Waals surface area contributed by atoms with E-state index in [-0.39, 0.29) is 18.1 Å². The van der Waals surface area contributed by atoms with Crippen LogP contribution in [-0.4, -0.2) is 53.2 Å². The van der Waals surface area contributed by atoms with Gasteiger partial charge in [0.2, 0.25) is 5.91 Å². The summed E-state index contributed by atoms with van der Waals surface area (Å²) in [5.41, 5.74) is 7.94. The van der Waals surface area contributed by atoms with Crippen LogP contribution in [0.2, 0.25) is 0 Å². The summed E-state index contributed by atoms with van der Waals surface area (Å²) in [5.74, 6) is 0.116. The predicted molar refractivity (Wildman–Crippen MR) is 120 cm³/mol. The van der Waals surface area contributed by atoms with E-state index in [1.54, 1.807) is 4.90 Å². The fraction of sp³-hybridized carbons (Fsp3) is 0.417. The van der Waals surface area contributed by atoms with Crippen molar-refractivity contribution in [3.05, 3.63) is 60.2 Å². The zero-order valence-corrected chi connectivity index (χ0v) is 18.2. The maximum atomic E-state index is 13.7. The molecule has 0 bridgehead atoms. The van der Waals surface area contributed by atoms with Crippen LogP contribution in [-0.2, 0) is 16.1 Å². The highest BCUT2D eigenvalue weighted by Crippen LogP contribution is 2.40. The standard InChI is InChI=1S/C24H30N4O3/c1-18(2)31-23(30)26-14-12-24(13-15-26)22(29)27(16-19-8-10-20(25)11-9-19)17-28(24)21-6-4-3-5-7-21/h3-11,18H,12-17,25H2,1-2H3. The number of nitrogen functional groups attached to an aromatic ring is 1. The third-order valence-corrected chi connectivity index (χ3v) is 6.12. The van der Waals surface area contributed by atoms with Crippen LogP contribution in [0.25, 0.3) is 0 Å². The fourth-order valence-corrected chi connectivity index (χ4v) is 4.50. The summed E-state index contributed by atoms with van der Waals surface area (Å²) >= 11 is 0. The third-order valence-electron chi connectivity index (χ3n) is 6.12. The van der Waals surface area contributed by atoms with Gasteiger partial charge in [0.1, 0.15) is 5.54 Å². The molecule has 2 amide bonds. The lowest BCUT2D eigenvalue weighted by molar-refractivity contribution is -0.134. The highest BCUT2D eigenvalue weighted by Gasteiger charge is 2.54. The van der Waals surface area contributed by atoms with Gasteiger partial charge >= 0.3 is 6.09 Å². The molecule has 31 heavy (non-hydrogen) atoms. The molecule has 4 rings (SSSR count). The molecule has 0 unspecified atom stereocenters. The average molecular weight is 423 g/mol. The number of nitrogens with two attached hydrogens (primary N) is 1. The molecule has 164 valence electrons. The molecule has 2 aliphatic heterocycles. The number of nitrogens with zero attached hydrogens (tertiary/aromatic N) is 3. The summed E-state index contributed by atoms with van der Waals surface area (Å²) in [7, 11) is 0. The number of para-hydroxylation sites is 1. The van der Waals surface area contributed by atoms with E-state index >= 15 is 0 Å². The van der Waals surface area contributed by atoms with Crippen molar-refractivity contribution < 1.29 is 14.3 Å². The second kappa shape index (κ2) is 8.49. The van der Waals surface area contributed by atoms with Crippen molar-refractivity contribution in [3.63, 3.8) is 0 Å². The molecule has 0 radical (unpaired) electrons. The van der Waals surface area contributed by atoms with Crippen LogP contribution in [0.5, 0.6) is 0 Å². The molecule has 0 aromatic heterocycles. The molecule has 2 aliphatic rings. The number of ether oxygens (including phenoxy) is 1. The molecular formula is C24H30N4O3. The van der Waals surface area contributed by atoms with Gasteiger partial charge in [0.25, 0.3) is 0 Å². The highest BCUT2D eigenvalue weighted by molar-refractivity contribution is 5.93. The lowest BCUT2D eigenvalue weighted by Gasteiger charge is -2.43. The minimum absolute atomic E-state index is 0.116. The number of hydrogen-bond acceptors (Lipinski definition) is 5. The second-order valence-corrected chi connectivity index (χ2v) is 8.60. The monoisotopic (exact) mass is 422 g/mol. The molecule has 7 nitrogen and oxygen atoms in total. The van der Waals surface area contributed by atoms with Gasteiger partial charge in [0, 0.05) is 31.0 Å². The Bertz CT molecular complexity index is 922. The Balaban J connectivity index is 1.57. The number of benzene rings is 2. The summed E-state index contributed by atoms with van der Waals surface area (Å²) in [6.45, 7) is 5.73. The Morgan fingerprint density at radius 1 is 1.06 bits per heavy atom. The van der Waals surface area contributed by atoms with Crippen LogP contribution >= 0.6 is 0 Å². The topological polar surface area (TPSA) is 79.1 Å². The van der Waals surface area contributed by atoms with E-state index in [2.05, 4.69) is 4.90 Å². The first-order valence-corrected chi connectivity index (χ1v) is 10.8. The maximum Gasteiger partial charge on any atom is 0.410 e. The maximum absolute atomic E-state index is 13.7. The van der Waals surface area contributed by atoms with Gasteiger partial charge < -0.3 is 25.2 Å². The van der Waals surface area contributed by atoms with Crippen molar-refractivity contribution in [2.75, 3.05) is 30.4 Å². The summed E-state index contributed by atoms with van der Waals surface area (Å²) in [6.07, 6.45) is 0.686. The first-order chi connectivity index (χ1) is 14.9. The number of likely N-dealkylation sites (tertiary alicyclic amines) is 1. The molecule has 0 aliphatic carbocycles. The van der Waals surface area contributed by atoms with E-state index in [9.17, 15) is 9.59 Å². The summed E-state index contributed by atoms with van der Waals surface area (Å²) in [6, 6.07) is 17.7. The first-order valence-electron chi connectivity index (χ1n) is 10.8. The zero-order valence-electron chi connectivity index (χ0n) is 18.2. The zero-order chi connectivity index (χ0) is 22.0. The van der Waals surface area contributed by atoms with Gasteiger partial charge in [-0.1, -0.05) is 30.3 Å². The van der Waals surface area contributed by atoms with Crippen LogP contribution in [0.4, 0.5) is 16.2 Å². The Morgan fingerprint density at radius 3 is 2.32 bits per heavy atom. The third kappa shape index (κ3) is 4.17. The molecule has 2 heterocycles. The van der Waals surface area contributed by atoms with Crippen molar-refractivity contribution >= 4 is 23.4 Å². The summed E-state index contributed by atoms with van der Waals surface area (Å²) < 4.78 is 5.36. The van der Waals surface area contributed by atoms with Gasteiger partial charge in [0.15, 0.2) is 0 Å². The molecule has 0 saturated carbocycles. The molecule has 2 saturated heterocycles. The van der Waals surface area contributed by atoms with Crippen molar-refractivity contribution in [2.24, 2.45) is 0 Å². The van der Waals surface area contributed by atoms with E-state index in [1.807, 2.05) is 73.3 Å². The number of hydrogen-bond donors (Lipinski definition) is 1. The van der Waals surface area contributed by atoms with Gasteiger partial charge in [-0.2, -0.15) is 0 Å². The number of anilines is 2. The lowest BCUT2D eigenvalue weighted by Crippen LogP contribution is -2.57. The highest BCUT2D eigenvalue weighted by atomic mass is 16.6. The molecule has 7 heteroatoms. The SMILES string of the molecule is CC(C)OC(=O)N1CCC2(CC1)C(=O)N(Cc1ccc(N)cc1)CN2c1ccccc1. The minimum Gasteiger partial charge on any atom is -0.447 e. The average Bonchev–Trinajstić information content (AvgIpc) is 3.02. The summed E-state index contributed by atoms with van der Waals surface area (Å²) in [4.78, 5) is 31.9. The Labute approximate surface area is 183 Å². The normalized spacial score (nSPS) is 18.2. The van der Waals surface area contributed by atoms with Gasteiger partial charge in [-0.25, -0.2) is 4.79 Å². The predicted octanol–water partition coefficient (Wildman–Crippen LogP) is 3.45. The van der Waals surface area contributed by atoms with E-state index < -0.39 is 5.54 Å². The molecule has 2 N–H and O–H groups in total. The Morgan fingerprint density at radius 2 is 1.71 bits per heavy atom. The lowest BCUT2D eigenvalue weighted by atomic mass is 9.85. The summed E-state index contributed by atoms with van der Waals surface area (Å²) in [5, 5.41) is 0. The Kier molecular flexibility index (Phi) is 5.76. The van der Waals surface area contributed by atoms with Crippen molar-refractivity contribution in [3.8, 4) is 0 Å². The number of amides is 2. The number of piperidine rings is 1. The number of rotatable bonds is 4. The van der Waals surface area contributed by atoms with E-state index in [4.69, 9.17) is 10.5 Å². The van der Waals surface area contributed by atoms with Crippen molar-refractivity contribution in [1.29, 1.82) is 0 Å². The molecule has 2 aromatic rings. The van der Waals surface area contributed by atoms with Gasteiger partial charge in [-0.3, -0.25) is 4.79 Å². The Hall–Kier alpha value is -3.22. The van der Waals surface area contributed by atoms with E-state index in [0.29, 0.717) is 44.8 Å². The van der Waals surface area contributed by atoms with Crippen LogP contribution < -0.4 is 10.6 Å². The molecular weight excluding hydrogens is 392 g/mol.